The van der Waals surface area contributed by atoms with E-state index >= 15 is 0 Å². The third-order valence-electron chi connectivity index (χ3n) is 4.31. The fourth-order valence-corrected chi connectivity index (χ4v) is 3.03. The zero-order chi connectivity index (χ0) is 17.8. The summed E-state index contributed by atoms with van der Waals surface area (Å²) in [6.07, 6.45) is 1.11. The van der Waals surface area contributed by atoms with Gasteiger partial charge in [-0.15, -0.1) is 0 Å². The molecular formula is C20H20N2O3. The number of rotatable bonds is 5. The van der Waals surface area contributed by atoms with E-state index in [-0.39, 0.29) is 30.4 Å². The predicted octanol–water partition coefficient (Wildman–Crippen LogP) is 3.20. The number of ketones is 1. The Labute approximate surface area is 146 Å². The zero-order valence-electron chi connectivity index (χ0n) is 14.1. The summed E-state index contributed by atoms with van der Waals surface area (Å²) < 4.78 is 0. The normalized spacial score (nSPS) is 12.6. The van der Waals surface area contributed by atoms with Crippen LogP contribution in [0, 0.1) is 0 Å². The molecule has 0 fully saturated rings. The molecule has 0 atom stereocenters. The van der Waals surface area contributed by atoms with Crippen LogP contribution in [0.25, 0.3) is 0 Å². The van der Waals surface area contributed by atoms with E-state index in [1.165, 1.54) is 0 Å². The van der Waals surface area contributed by atoms with Crippen LogP contribution in [0.4, 0.5) is 11.4 Å². The second-order valence-corrected chi connectivity index (χ2v) is 6.10. The van der Waals surface area contributed by atoms with Gasteiger partial charge in [0.15, 0.2) is 5.78 Å². The second kappa shape index (κ2) is 7.30. The highest BCUT2D eigenvalue weighted by molar-refractivity contribution is 6.00. The van der Waals surface area contributed by atoms with Crippen LogP contribution < -0.4 is 10.2 Å². The summed E-state index contributed by atoms with van der Waals surface area (Å²) in [5, 5.41) is 2.83. The molecule has 0 radical (unpaired) electrons. The first-order valence-electron chi connectivity index (χ1n) is 8.34. The molecule has 5 heteroatoms. The molecule has 3 rings (SSSR count). The molecule has 2 aromatic carbocycles. The zero-order valence-corrected chi connectivity index (χ0v) is 14.1. The van der Waals surface area contributed by atoms with Crippen molar-refractivity contribution in [2.45, 2.75) is 26.2 Å². The monoisotopic (exact) mass is 336 g/mol. The highest BCUT2D eigenvalue weighted by Crippen LogP contribution is 2.30. The van der Waals surface area contributed by atoms with Crippen LogP contribution in [0.2, 0.25) is 0 Å². The molecule has 25 heavy (non-hydrogen) atoms. The molecule has 1 heterocycles. The summed E-state index contributed by atoms with van der Waals surface area (Å²) in [4.78, 5) is 37.4. The minimum absolute atomic E-state index is 0.0231. The van der Waals surface area contributed by atoms with Crippen molar-refractivity contribution in [3.05, 3.63) is 59.7 Å². The fraction of sp³-hybridized carbons (Fsp3) is 0.250. The van der Waals surface area contributed by atoms with Gasteiger partial charge in [-0.05, 0) is 30.2 Å². The van der Waals surface area contributed by atoms with E-state index in [1.807, 2.05) is 30.3 Å². The minimum Gasteiger partial charge on any atom is -0.326 e. The highest BCUT2D eigenvalue weighted by Gasteiger charge is 2.22. The van der Waals surface area contributed by atoms with Gasteiger partial charge in [0.1, 0.15) is 0 Å². The Morgan fingerprint density at radius 2 is 1.80 bits per heavy atom. The number of hydrogen-bond donors (Lipinski definition) is 1. The van der Waals surface area contributed by atoms with Crippen LogP contribution in [-0.4, -0.2) is 24.1 Å². The molecule has 2 aromatic rings. The number of nitrogens with one attached hydrogen (secondary N) is 1. The van der Waals surface area contributed by atoms with E-state index in [1.54, 1.807) is 30.0 Å². The lowest BCUT2D eigenvalue weighted by atomic mass is 10.1. The SMILES string of the molecule is CC(=O)N1CCc2cc(NC(=O)CCC(=O)c3ccccc3)ccc21. The number of nitrogens with zero attached hydrogens (tertiary/aromatic N) is 1. The topological polar surface area (TPSA) is 66.5 Å². The van der Waals surface area contributed by atoms with E-state index in [2.05, 4.69) is 5.32 Å². The Morgan fingerprint density at radius 1 is 1.04 bits per heavy atom. The lowest BCUT2D eigenvalue weighted by Crippen LogP contribution is -2.25. The third kappa shape index (κ3) is 3.94. The van der Waals surface area contributed by atoms with Gasteiger partial charge in [0, 0.05) is 43.2 Å². The molecule has 0 unspecified atom stereocenters. The van der Waals surface area contributed by atoms with Crippen LogP contribution in [0.5, 0.6) is 0 Å². The average molecular weight is 336 g/mol. The first-order chi connectivity index (χ1) is 12.0. The Morgan fingerprint density at radius 3 is 2.52 bits per heavy atom. The van der Waals surface area contributed by atoms with Gasteiger partial charge < -0.3 is 10.2 Å². The smallest absolute Gasteiger partial charge is 0.224 e. The number of carbonyl (C=O) groups is 3. The van der Waals surface area contributed by atoms with Crippen molar-refractivity contribution in [2.75, 3.05) is 16.8 Å². The van der Waals surface area contributed by atoms with Crippen LogP contribution in [-0.2, 0) is 16.0 Å². The van der Waals surface area contributed by atoms with E-state index in [0.717, 1.165) is 17.7 Å². The van der Waals surface area contributed by atoms with E-state index < -0.39 is 0 Å². The molecule has 5 nitrogen and oxygen atoms in total. The molecule has 0 spiro atoms. The second-order valence-electron chi connectivity index (χ2n) is 6.10. The van der Waals surface area contributed by atoms with Crippen molar-refractivity contribution in [2.24, 2.45) is 0 Å². The number of benzene rings is 2. The summed E-state index contributed by atoms with van der Waals surface area (Å²) in [5.41, 5.74) is 3.27. The van der Waals surface area contributed by atoms with Gasteiger partial charge in [0.05, 0.1) is 0 Å². The average Bonchev–Trinajstić information content (AvgIpc) is 3.04. The van der Waals surface area contributed by atoms with E-state index in [4.69, 9.17) is 0 Å². The standard InChI is InChI=1S/C20H20N2O3/c1-14(23)22-12-11-16-13-17(7-8-18(16)22)21-20(25)10-9-19(24)15-5-3-2-4-6-15/h2-8,13H,9-12H2,1H3,(H,21,25). The summed E-state index contributed by atoms with van der Waals surface area (Å²) >= 11 is 0. The summed E-state index contributed by atoms with van der Waals surface area (Å²) in [7, 11) is 0. The minimum atomic E-state index is -0.189. The maximum absolute atomic E-state index is 12.1. The van der Waals surface area contributed by atoms with Gasteiger partial charge in [-0.3, -0.25) is 14.4 Å². The molecule has 0 bridgehead atoms. The largest absolute Gasteiger partial charge is 0.326 e. The lowest BCUT2D eigenvalue weighted by Gasteiger charge is -2.15. The van der Waals surface area contributed by atoms with E-state index in [0.29, 0.717) is 17.8 Å². The highest BCUT2D eigenvalue weighted by atomic mass is 16.2. The number of fused-ring (bicyclic) bond motifs is 1. The Kier molecular flexibility index (Phi) is 4.93. The number of carbonyl (C=O) groups excluding carboxylic acids is 3. The Balaban J connectivity index is 1.57. The van der Waals surface area contributed by atoms with Gasteiger partial charge in [-0.2, -0.15) is 0 Å². The van der Waals surface area contributed by atoms with Crippen molar-refractivity contribution >= 4 is 29.0 Å². The summed E-state index contributed by atoms with van der Waals surface area (Å²) in [6.45, 7) is 2.22. The molecule has 0 aliphatic carbocycles. The summed E-state index contributed by atoms with van der Waals surface area (Å²) in [6, 6.07) is 14.5. The molecule has 0 saturated carbocycles. The molecule has 1 N–H and O–H groups in total. The van der Waals surface area contributed by atoms with Crippen LogP contribution in [0.1, 0.15) is 35.7 Å². The van der Waals surface area contributed by atoms with Gasteiger partial charge in [-0.25, -0.2) is 0 Å². The number of amides is 2. The quantitative estimate of drug-likeness (QED) is 0.853. The molecule has 1 aliphatic heterocycles. The van der Waals surface area contributed by atoms with Crippen molar-refractivity contribution in [1.29, 1.82) is 0 Å². The summed E-state index contributed by atoms with van der Waals surface area (Å²) in [5.74, 6) is -0.206. The molecule has 0 saturated heterocycles. The predicted molar refractivity (Wildman–Crippen MR) is 96.8 cm³/mol. The number of hydrogen-bond acceptors (Lipinski definition) is 3. The molecule has 128 valence electrons. The number of anilines is 2. The number of Topliss-reactive ketones (excluding diaryl/α,β-unsaturated/α-hetero) is 1. The van der Waals surface area contributed by atoms with E-state index in [9.17, 15) is 14.4 Å². The van der Waals surface area contributed by atoms with Gasteiger partial charge >= 0.3 is 0 Å². The molecule has 2 amide bonds. The molecule has 1 aliphatic rings. The first kappa shape index (κ1) is 16.9. The van der Waals surface area contributed by atoms with Crippen molar-refractivity contribution in [3.63, 3.8) is 0 Å². The van der Waals surface area contributed by atoms with Crippen molar-refractivity contribution < 1.29 is 14.4 Å². The molecular weight excluding hydrogens is 316 g/mol. The van der Waals surface area contributed by atoms with Gasteiger partial charge in [0.25, 0.3) is 0 Å². The maximum Gasteiger partial charge on any atom is 0.224 e. The lowest BCUT2D eigenvalue weighted by molar-refractivity contribution is -0.117. The van der Waals surface area contributed by atoms with Crippen LogP contribution in [0.3, 0.4) is 0 Å². The molecule has 0 aromatic heterocycles. The van der Waals surface area contributed by atoms with Crippen molar-refractivity contribution in [3.8, 4) is 0 Å². The third-order valence-corrected chi connectivity index (χ3v) is 4.31. The van der Waals surface area contributed by atoms with Crippen LogP contribution in [0.15, 0.2) is 48.5 Å². The van der Waals surface area contributed by atoms with Crippen LogP contribution >= 0.6 is 0 Å². The van der Waals surface area contributed by atoms with Gasteiger partial charge in [-0.1, -0.05) is 30.3 Å². The first-order valence-corrected chi connectivity index (χ1v) is 8.34. The van der Waals surface area contributed by atoms with Gasteiger partial charge in [0.2, 0.25) is 11.8 Å². The maximum atomic E-state index is 12.1. The van der Waals surface area contributed by atoms with Crippen molar-refractivity contribution in [1.82, 2.24) is 0 Å². The Bertz CT molecular complexity index is 815. The Hall–Kier alpha value is -2.95. The fourth-order valence-electron chi connectivity index (χ4n) is 3.03.